The maximum Gasteiger partial charge on any atom is 0.256 e. The van der Waals surface area contributed by atoms with E-state index in [9.17, 15) is 4.79 Å². The molecule has 0 aliphatic carbocycles. The lowest BCUT2D eigenvalue weighted by Crippen LogP contribution is -2.14. The van der Waals surface area contributed by atoms with Crippen molar-refractivity contribution < 1.29 is 4.79 Å². The van der Waals surface area contributed by atoms with Gasteiger partial charge in [0.15, 0.2) is 0 Å². The Morgan fingerprint density at radius 1 is 1.50 bits per heavy atom. The molecule has 0 bridgehead atoms. The van der Waals surface area contributed by atoms with Gasteiger partial charge in [-0.15, -0.1) is 11.8 Å². The molecular formula is C7H11NOS. The quantitative estimate of drug-likeness (QED) is 0.535. The summed E-state index contributed by atoms with van der Waals surface area (Å²) in [7, 11) is 0. The molecule has 1 heterocycles. The van der Waals surface area contributed by atoms with E-state index in [1.807, 2.05) is 0 Å². The Kier molecular flexibility index (Phi) is 1.86. The molecule has 0 N–H and O–H groups in total. The number of rotatable bonds is 0. The third-order valence-electron chi connectivity index (χ3n) is 1.20. The fraction of sp³-hybridized carbons (Fsp3) is 0.714. The van der Waals surface area contributed by atoms with Gasteiger partial charge < -0.3 is 0 Å². The van der Waals surface area contributed by atoms with Crippen LogP contribution in [0.1, 0.15) is 20.8 Å². The number of thioether (sulfide) groups is 1. The SMILES string of the molecule is CC(C)(C)C1=NC(=O)CS1. The molecule has 56 valence electrons. The van der Waals surface area contributed by atoms with Crippen LogP contribution in [0.4, 0.5) is 0 Å². The largest absolute Gasteiger partial charge is 0.272 e. The molecule has 0 unspecified atom stereocenters. The number of carbonyl (C=O) groups is 1. The van der Waals surface area contributed by atoms with Gasteiger partial charge in [-0.1, -0.05) is 20.8 Å². The van der Waals surface area contributed by atoms with Crippen LogP contribution in [0.2, 0.25) is 0 Å². The van der Waals surface area contributed by atoms with E-state index in [0.717, 1.165) is 5.04 Å². The van der Waals surface area contributed by atoms with Gasteiger partial charge in [0.1, 0.15) is 0 Å². The van der Waals surface area contributed by atoms with Crippen LogP contribution in [0.5, 0.6) is 0 Å². The maximum atomic E-state index is 10.7. The zero-order valence-electron chi connectivity index (χ0n) is 6.47. The Morgan fingerprint density at radius 2 is 2.10 bits per heavy atom. The van der Waals surface area contributed by atoms with Gasteiger partial charge in [-0.05, 0) is 0 Å². The summed E-state index contributed by atoms with van der Waals surface area (Å²) in [4.78, 5) is 14.6. The van der Waals surface area contributed by atoms with Crippen molar-refractivity contribution in [3.05, 3.63) is 0 Å². The summed E-state index contributed by atoms with van der Waals surface area (Å²) >= 11 is 1.56. The standard InChI is InChI=1S/C7H11NOS/c1-7(2,3)6-8-5(9)4-10-6/h4H2,1-3H3. The molecular weight excluding hydrogens is 146 g/mol. The first kappa shape index (κ1) is 7.79. The van der Waals surface area contributed by atoms with Crippen molar-refractivity contribution in [1.29, 1.82) is 0 Å². The molecule has 0 radical (unpaired) electrons. The summed E-state index contributed by atoms with van der Waals surface area (Å²) in [5, 5.41) is 0.970. The zero-order valence-corrected chi connectivity index (χ0v) is 7.29. The molecule has 0 saturated heterocycles. The average Bonchev–Trinajstić information content (AvgIpc) is 2.11. The molecule has 0 fully saturated rings. The van der Waals surface area contributed by atoms with Crippen LogP contribution < -0.4 is 0 Å². The van der Waals surface area contributed by atoms with E-state index in [2.05, 4.69) is 25.8 Å². The number of hydrogen-bond acceptors (Lipinski definition) is 2. The minimum atomic E-state index is 0.00919. The van der Waals surface area contributed by atoms with Crippen LogP contribution in [-0.4, -0.2) is 16.7 Å². The van der Waals surface area contributed by atoms with Gasteiger partial charge in [0.25, 0.3) is 5.91 Å². The Hall–Kier alpha value is -0.310. The first-order valence-electron chi connectivity index (χ1n) is 3.25. The topological polar surface area (TPSA) is 29.4 Å². The predicted octanol–water partition coefficient (Wildman–Crippen LogP) is 1.70. The molecule has 0 spiro atoms. The zero-order chi connectivity index (χ0) is 7.78. The number of carbonyl (C=O) groups excluding carboxylic acids is 1. The number of aliphatic imine (C=N–C) groups is 1. The fourth-order valence-corrected chi connectivity index (χ4v) is 1.62. The highest BCUT2D eigenvalue weighted by molar-refractivity contribution is 8.15. The molecule has 0 saturated carbocycles. The average molecular weight is 157 g/mol. The van der Waals surface area contributed by atoms with Gasteiger partial charge in [-0.25, -0.2) is 4.99 Å². The van der Waals surface area contributed by atoms with Crippen molar-refractivity contribution in [2.75, 3.05) is 5.75 Å². The Morgan fingerprint density at radius 3 is 2.30 bits per heavy atom. The van der Waals surface area contributed by atoms with E-state index in [1.165, 1.54) is 0 Å². The number of hydrogen-bond donors (Lipinski definition) is 0. The van der Waals surface area contributed by atoms with Crippen LogP contribution in [0.3, 0.4) is 0 Å². The minimum absolute atomic E-state index is 0.00919. The molecule has 0 aromatic carbocycles. The predicted molar refractivity (Wildman–Crippen MR) is 44.4 cm³/mol. The first-order valence-corrected chi connectivity index (χ1v) is 4.23. The summed E-state index contributed by atoms with van der Waals surface area (Å²) < 4.78 is 0. The van der Waals surface area contributed by atoms with Crippen LogP contribution >= 0.6 is 11.8 Å². The van der Waals surface area contributed by atoms with Crippen molar-refractivity contribution in [3.63, 3.8) is 0 Å². The molecule has 0 aromatic rings. The van der Waals surface area contributed by atoms with Gasteiger partial charge in [0.2, 0.25) is 0 Å². The third-order valence-corrected chi connectivity index (χ3v) is 2.57. The Labute approximate surface area is 65.1 Å². The summed E-state index contributed by atoms with van der Waals surface area (Å²) in [6, 6.07) is 0. The first-order chi connectivity index (χ1) is 4.50. The van der Waals surface area contributed by atoms with E-state index < -0.39 is 0 Å². The number of nitrogens with zero attached hydrogens (tertiary/aromatic N) is 1. The number of amides is 1. The Balaban J connectivity index is 2.76. The van der Waals surface area contributed by atoms with E-state index in [4.69, 9.17) is 0 Å². The third kappa shape index (κ3) is 1.59. The summed E-state index contributed by atoms with van der Waals surface area (Å²) in [5.74, 6) is 0.544. The molecule has 1 rings (SSSR count). The van der Waals surface area contributed by atoms with Crippen molar-refractivity contribution in [3.8, 4) is 0 Å². The molecule has 0 aromatic heterocycles. The smallest absolute Gasteiger partial charge is 0.256 e. The molecule has 1 aliphatic heterocycles. The lowest BCUT2D eigenvalue weighted by molar-refractivity contribution is -0.115. The van der Waals surface area contributed by atoms with Gasteiger partial charge in [0.05, 0.1) is 10.8 Å². The van der Waals surface area contributed by atoms with Crippen LogP contribution in [0.15, 0.2) is 4.99 Å². The maximum absolute atomic E-state index is 10.7. The van der Waals surface area contributed by atoms with Crippen molar-refractivity contribution in [2.45, 2.75) is 20.8 Å². The second-order valence-electron chi connectivity index (χ2n) is 3.35. The Bertz CT molecular complexity index is 190. The second kappa shape index (κ2) is 2.38. The van der Waals surface area contributed by atoms with E-state index in [1.54, 1.807) is 11.8 Å². The van der Waals surface area contributed by atoms with E-state index >= 15 is 0 Å². The monoisotopic (exact) mass is 157 g/mol. The lowest BCUT2D eigenvalue weighted by Gasteiger charge is -2.15. The van der Waals surface area contributed by atoms with Gasteiger partial charge in [-0.3, -0.25) is 4.79 Å². The van der Waals surface area contributed by atoms with Crippen molar-refractivity contribution in [1.82, 2.24) is 0 Å². The highest BCUT2D eigenvalue weighted by Gasteiger charge is 2.25. The minimum Gasteiger partial charge on any atom is -0.272 e. The lowest BCUT2D eigenvalue weighted by atomic mass is 9.99. The van der Waals surface area contributed by atoms with Crippen LogP contribution in [0, 0.1) is 5.41 Å². The van der Waals surface area contributed by atoms with E-state index in [-0.39, 0.29) is 11.3 Å². The highest BCUT2D eigenvalue weighted by atomic mass is 32.2. The summed E-state index contributed by atoms with van der Waals surface area (Å²) in [6.07, 6.45) is 0. The summed E-state index contributed by atoms with van der Waals surface area (Å²) in [5.41, 5.74) is 0.0524. The van der Waals surface area contributed by atoms with Gasteiger partial charge in [-0.2, -0.15) is 0 Å². The fourth-order valence-electron chi connectivity index (χ4n) is 0.692. The van der Waals surface area contributed by atoms with E-state index in [0.29, 0.717) is 5.75 Å². The summed E-state index contributed by atoms with van der Waals surface area (Å²) in [6.45, 7) is 6.20. The van der Waals surface area contributed by atoms with Gasteiger partial charge in [0, 0.05) is 5.41 Å². The molecule has 0 atom stereocenters. The molecule has 2 nitrogen and oxygen atoms in total. The molecule has 3 heteroatoms. The molecule has 10 heavy (non-hydrogen) atoms. The van der Waals surface area contributed by atoms with Crippen molar-refractivity contribution >= 4 is 22.7 Å². The molecule has 1 aliphatic rings. The highest BCUT2D eigenvalue weighted by Crippen LogP contribution is 2.28. The van der Waals surface area contributed by atoms with Crippen LogP contribution in [-0.2, 0) is 4.79 Å². The van der Waals surface area contributed by atoms with Crippen molar-refractivity contribution in [2.24, 2.45) is 10.4 Å². The normalized spacial score (nSPS) is 19.5. The molecule has 1 amide bonds. The second-order valence-corrected chi connectivity index (χ2v) is 4.31. The van der Waals surface area contributed by atoms with Gasteiger partial charge >= 0.3 is 0 Å². The van der Waals surface area contributed by atoms with Crippen LogP contribution in [0.25, 0.3) is 0 Å².